The summed E-state index contributed by atoms with van der Waals surface area (Å²) in [5.41, 5.74) is -0.388. The topological polar surface area (TPSA) is 70.1 Å². The Bertz CT molecular complexity index is 363. The lowest BCUT2D eigenvalue weighted by Gasteiger charge is -2.41. The van der Waals surface area contributed by atoms with E-state index in [2.05, 4.69) is 0 Å². The number of hydrogen-bond acceptors (Lipinski definition) is 3. The highest BCUT2D eigenvalue weighted by atomic mass is 16.5. The Morgan fingerprint density at radius 1 is 1.38 bits per heavy atom. The lowest BCUT2D eigenvalue weighted by Crippen LogP contribution is -2.54. The van der Waals surface area contributed by atoms with Crippen LogP contribution < -0.4 is 0 Å². The minimum Gasteiger partial charge on any atom is -0.481 e. The third-order valence-corrected chi connectivity index (χ3v) is 3.78. The molecule has 0 radical (unpaired) electrons. The van der Waals surface area contributed by atoms with E-state index in [1.54, 1.807) is 12.0 Å². The lowest BCUT2D eigenvalue weighted by atomic mass is 9.99. The molecule has 0 aromatic heterocycles. The van der Waals surface area contributed by atoms with Crippen LogP contribution in [-0.2, 0) is 9.53 Å². The summed E-state index contributed by atoms with van der Waals surface area (Å²) in [6, 6.07) is -0.0652. The summed E-state index contributed by atoms with van der Waals surface area (Å²) >= 11 is 0. The molecular formula is C15H28N2O4. The van der Waals surface area contributed by atoms with Gasteiger partial charge in [0.15, 0.2) is 0 Å². The van der Waals surface area contributed by atoms with Gasteiger partial charge in [-0.2, -0.15) is 0 Å². The summed E-state index contributed by atoms with van der Waals surface area (Å²) < 4.78 is 5.19. The van der Waals surface area contributed by atoms with E-state index in [1.165, 1.54) is 0 Å². The Morgan fingerprint density at radius 2 is 2.05 bits per heavy atom. The highest BCUT2D eigenvalue weighted by molar-refractivity contribution is 5.76. The normalized spacial score (nSPS) is 19.4. The molecule has 21 heavy (non-hydrogen) atoms. The Labute approximate surface area is 127 Å². The first-order valence-electron chi connectivity index (χ1n) is 7.53. The Balaban J connectivity index is 2.72. The molecule has 1 fully saturated rings. The zero-order valence-corrected chi connectivity index (χ0v) is 13.6. The molecule has 1 aliphatic rings. The van der Waals surface area contributed by atoms with E-state index in [9.17, 15) is 9.59 Å². The quantitative estimate of drug-likeness (QED) is 0.843. The van der Waals surface area contributed by atoms with E-state index in [1.807, 2.05) is 25.7 Å². The van der Waals surface area contributed by atoms with Crippen LogP contribution in [0.1, 0.15) is 40.0 Å². The van der Waals surface area contributed by atoms with Gasteiger partial charge in [-0.05, 0) is 33.6 Å². The van der Waals surface area contributed by atoms with Crippen molar-refractivity contribution in [2.75, 3.05) is 33.4 Å². The van der Waals surface area contributed by atoms with Gasteiger partial charge < -0.3 is 19.6 Å². The van der Waals surface area contributed by atoms with Gasteiger partial charge in [-0.3, -0.25) is 4.79 Å². The summed E-state index contributed by atoms with van der Waals surface area (Å²) in [6.07, 6.45) is 2.01. The third kappa shape index (κ3) is 5.53. The zero-order chi connectivity index (χ0) is 16.0. The van der Waals surface area contributed by atoms with Crippen LogP contribution in [0.25, 0.3) is 0 Å². The predicted octanol–water partition coefficient (Wildman–Crippen LogP) is 2.04. The highest BCUT2D eigenvalue weighted by Gasteiger charge is 2.32. The SMILES string of the molecule is COCC1CCCN(C(=O)N(CCC(=O)O)C(C)(C)C)C1. The summed E-state index contributed by atoms with van der Waals surface area (Å²) in [6.45, 7) is 8.12. The van der Waals surface area contributed by atoms with Crippen LogP contribution in [0.3, 0.4) is 0 Å². The number of piperidine rings is 1. The molecule has 6 nitrogen and oxygen atoms in total. The number of rotatable bonds is 5. The van der Waals surface area contributed by atoms with Crippen LogP contribution in [0, 0.1) is 5.92 Å². The van der Waals surface area contributed by atoms with Gasteiger partial charge in [-0.1, -0.05) is 0 Å². The van der Waals surface area contributed by atoms with Crippen molar-refractivity contribution < 1.29 is 19.4 Å². The summed E-state index contributed by atoms with van der Waals surface area (Å²) in [5.74, 6) is -0.512. The average molecular weight is 300 g/mol. The molecule has 0 aliphatic carbocycles. The van der Waals surface area contributed by atoms with Crippen molar-refractivity contribution >= 4 is 12.0 Å². The minimum absolute atomic E-state index is 0.0294. The number of amides is 2. The van der Waals surface area contributed by atoms with Crippen molar-refractivity contribution in [2.24, 2.45) is 5.92 Å². The van der Waals surface area contributed by atoms with E-state index in [4.69, 9.17) is 9.84 Å². The van der Waals surface area contributed by atoms with Gasteiger partial charge in [0.05, 0.1) is 13.0 Å². The van der Waals surface area contributed by atoms with Gasteiger partial charge in [0.25, 0.3) is 0 Å². The molecule has 1 heterocycles. The maximum atomic E-state index is 12.7. The first-order valence-corrected chi connectivity index (χ1v) is 7.53. The maximum Gasteiger partial charge on any atom is 0.320 e. The van der Waals surface area contributed by atoms with Crippen molar-refractivity contribution in [3.63, 3.8) is 0 Å². The first-order chi connectivity index (χ1) is 9.75. The summed E-state index contributed by atoms with van der Waals surface area (Å²) in [5, 5.41) is 8.86. The number of likely N-dealkylation sites (tertiary alicyclic amines) is 1. The number of carbonyl (C=O) groups is 2. The van der Waals surface area contributed by atoms with Gasteiger partial charge in [-0.15, -0.1) is 0 Å². The highest BCUT2D eigenvalue weighted by Crippen LogP contribution is 2.22. The molecule has 1 atom stereocenters. The fourth-order valence-electron chi connectivity index (χ4n) is 2.71. The standard InChI is InChI=1S/C15H28N2O4/c1-15(2,3)17(9-7-13(18)19)14(20)16-8-5-6-12(10-16)11-21-4/h12H,5-11H2,1-4H3,(H,18,19). The molecule has 0 aromatic rings. The van der Waals surface area contributed by atoms with E-state index < -0.39 is 5.97 Å². The van der Waals surface area contributed by atoms with Crippen LogP contribution in [-0.4, -0.2) is 65.8 Å². The second-order valence-electron chi connectivity index (χ2n) is 6.66. The average Bonchev–Trinajstić information content (AvgIpc) is 2.37. The number of urea groups is 1. The third-order valence-electron chi connectivity index (χ3n) is 3.78. The van der Waals surface area contributed by atoms with Gasteiger partial charge in [-0.25, -0.2) is 4.79 Å². The molecule has 0 spiro atoms. The fourth-order valence-corrected chi connectivity index (χ4v) is 2.71. The summed E-state index contributed by atoms with van der Waals surface area (Å²) in [7, 11) is 1.68. The molecule has 1 unspecified atom stereocenters. The van der Waals surface area contributed by atoms with Crippen LogP contribution in [0.4, 0.5) is 4.79 Å². The molecule has 1 N–H and O–H groups in total. The van der Waals surface area contributed by atoms with Gasteiger partial charge in [0, 0.05) is 38.2 Å². The number of hydrogen-bond donors (Lipinski definition) is 1. The predicted molar refractivity (Wildman–Crippen MR) is 80.3 cm³/mol. The fraction of sp³-hybridized carbons (Fsp3) is 0.867. The van der Waals surface area contributed by atoms with Crippen LogP contribution >= 0.6 is 0 Å². The molecule has 1 saturated heterocycles. The number of ether oxygens (including phenoxy) is 1. The number of carbonyl (C=O) groups excluding carboxylic acids is 1. The monoisotopic (exact) mass is 300 g/mol. The molecule has 1 rings (SSSR count). The summed E-state index contributed by atoms with van der Waals surface area (Å²) in [4.78, 5) is 27.0. The number of carboxylic acids is 1. The maximum absolute atomic E-state index is 12.7. The minimum atomic E-state index is -0.882. The second kappa shape index (κ2) is 7.64. The van der Waals surface area contributed by atoms with E-state index in [-0.39, 0.29) is 24.5 Å². The smallest absolute Gasteiger partial charge is 0.320 e. The Hall–Kier alpha value is -1.30. The molecule has 1 aliphatic heterocycles. The largest absolute Gasteiger partial charge is 0.481 e. The molecular weight excluding hydrogens is 272 g/mol. The van der Waals surface area contributed by atoms with E-state index in [0.717, 1.165) is 19.4 Å². The molecule has 6 heteroatoms. The van der Waals surface area contributed by atoms with Crippen LogP contribution in [0.5, 0.6) is 0 Å². The van der Waals surface area contributed by atoms with Gasteiger partial charge in [0.2, 0.25) is 0 Å². The van der Waals surface area contributed by atoms with Gasteiger partial charge >= 0.3 is 12.0 Å². The lowest BCUT2D eigenvalue weighted by molar-refractivity contribution is -0.137. The Kier molecular flexibility index (Phi) is 6.45. The molecule has 0 aromatic carbocycles. The second-order valence-corrected chi connectivity index (χ2v) is 6.66. The number of carboxylic acid groups (broad SMARTS) is 1. The van der Waals surface area contributed by atoms with Crippen molar-refractivity contribution in [1.82, 2.24) is 9.80 Å². The zero-order valence-electron chi connectivity index (χ0n) is 13.6. The Morgan fingerprint density at radius 3 is 2.57 bits per heavy atom. The first kappa shape index (κ1) is 17.8. The van der Waals surface area contributed by atoms with Crippen LogP contribution in [0.15, 0.2) is 0 Å². The van der Waals surface area contributed by atoms with Crippen LogP contribution in [0.2, 0.25) is 0 Å². The van der Waals surface area contributed by atoms with Crippen molar-refractivity contribution in [3.05, 3.63) is 0 Å². The molecule has 0 bridgehead atoms. The number of methoxy groups -OCH3 is 1. The number of aliphatic carboxylic acids is 1. The molecule has 2 amide bonds. The molecule has 122 valence electrons. The van der Waals surface area contributed by atoms with Crippen molar-refractivity contribution in [3.8, 4) is 0 Å². The van der Waals surface area contributed by atoms with Crippen molar-refractivity contribution in [1.29, 1.82) is 0 Å². The van der Waals surface area contributed by atoms with E-state index in [0.29, 0.717) is 19.1 Å². The number of nitrogens with zero attached hydrogens (tertiary/aromatic N) is 2. The van der Waals surface area contributed by atoms with E-state index >= 15 is 0 Å². The van der Waals surface area contributed by atoms with Gasteiger partial charge in [0.1, 0.15) is 0 Å². The molecule has 0 saturated carbocycles. The van der Waals surface area contributed by atoms with Crippen molar-refractivity contribution in [2.45, 2.75) is 45.6 Å².